The molecule has 0 atom stereocenters. The van der Waals surface area contributed by atoms with Crippen molar-refractivity contribution >= 4 is 8.09 Å². The summed E-state index contributed by atoms with van der Waals surface area (Å²) in [7, 11) is -0.306. The van der Waals surface area contributed by atoms with E-state index in [2.05, 4.69) is 46.2 Å². The minimum absolute atomic E-state index is 0.195. The zero-order valence-corrected chi connectivity index (χ0v) is 12.2. The molecule has 2 fully saturated rings. The number of nitrogens with zero attached hydrogens (tertiary/aromatic N) is 1. The maximum Gasteiger partial charge on any atom is 0.506 e. The van der Waals surface area contributed by atoms with Crippen LogP contribution < -0.4 is 0 Å². The topological polar surface area (TPSA) is 30.9 Å². The maximum absolute atomic E-state index is 6.15. The van der Waals surface area contributed by atoms with E-state index in [1.54, 1.807) is 0 Å². The zero-order chi connectivity index (χ0) is 12.4. The van der Waals surface area contributed by atoms with Crippen molar-refractivity contribution in [2.75, 3.05) is 13.6 Å². The molecule has 94 valence electrons. The van der Waals surface area contributed by atoms with Gasteiger partial charge in [-0.05, 0) is 41.5 Å². The van der Waals surface area contributed by atoms with Crippen LogP contribution in [0, 0.1) is 0 Å². The molecule has 1 spiro atoms. The van der Waals surface area contributed by atoms with Gasteiger partial charge < -0.3 is 0 Å². The van der Waals surface area contributed by atoms with Gasteiger partial charge in [0.1, 0.15) is 16.8 Å². The largest absolute Gasteiger partial charge is 0.506 e. The van der Waals surface area contributed by atoms with Crippen molar-refractivity contribution in [3.05, 3.63) is 0 Å². The SMILES string of the molecule is CN1CC(C)(C)O[P+]12OC(C)(C)C(C)(C)O2. The van der Waals surface area contributed by atoms with Crippen LogP contribution >= 0.6 is 8.09 Å². The van der Waals surface area contributed by atoms with Gasteiger partial charge in [0, 0.05) is 7.05 Å². The number of rotatable bonds is 0. The van der Waals surface area contributed by atoms with Crippen LogP contribution in [0.3, 0.4) is 0 Å². The van der Waals surface area contributed by atoms with Gasteiger partial charge in [0.25, 0.3) is 0 Å². The first-order chi connectivity index (χ1) is 7.00. The number of likely N-dealkylation sites (N-methyl/N-ethyl adjacent to an activating group) is 1. The predicted molar refractivity (Wildman–Crippen MR) is 65.0 cm³/mol. The Morgan fingerprint density at radius 3 is 1.62 bits per heavy atom. The van der Waals surface area contributed by atoms with Gasteiger partial charge in [0.15, 0.2) is 0 Å². The first kappa shape index (κ1) is 12.7. The lowest BCUT2D eigenvalue weighted by atomic mass is 9.90. The highest BCUT2D eigenvalue weighted by molar-refractivity contribution is 7.59. The van der Waals surface area contributed by atoms with Crippen molar-refractivity contribution in [3.8, 4) is 0 Å². The summed E-state index contributed by atoms with van der Waals surface area (Å²) in [6.07, 6.45) is 0. The fraction of sp³-hybridized carbons (Fsp3) is 1.00. The third kappa shape index (κ3) is 1.72. The molecule has 2 aliphatic rings. The zero-order valence-electron chi connectivity index (χ0n) is 11.3. The first-order valence-electron chi connectivity index (χ1n) is 5.73. The lowest BCUT2D eigenvalue weighted by Gasteiger charge is -2.24. The minimum atomic E-state index is -2.32. The predicted octanol–water partition coefficient (Wildman–Crippen LogP) is 3.01. The molecular formula is C11H23NO3P+. The summed E-state index contributed by atoms with van der Waals surface area (Å²) in [6, 6.07) is 0. The molecular weight excluding hydrogens is 225 g/mol. The highest BCUT2D eigenvalue weighted by Crippen LogP contribution is 2.78. The van der Waals surface area contributed by atoms with E-state index in [-0.39, 0.29) is 16.8 Å². The summed E-state index contributed by atoms with van der Waals surface area (Å²) in [6.45, 7) is 13.2. The fourth-order valence-corrected chi connectivity index (χ4v) is 5.36. The average Bonchev–Trinajstić information content (AvgIpc) is 2.26. The third-order valence-corrected chi connectivity index (χ3v) is 6.60. The Bertz CT molecular complexity index is 298. The molecule has 0 aromatic heterocycles. The average molecular weight is 248 g/mol. The molecule has 0 radical (unpaired) electrons. The molecule has 0 N–H and O–H groups in total. The molecule has 2 rings (SSSR count). The molecule has 2 aliphatic heterocycles. The van der Waals surface area contributed by atoms with Gasteiger partial charge in [-0.1, -0.05) is 0 Å². The van der Waals surface area contributed by atoms with Crippen LogP contribution in [-0.4, -0.2) is 35.1 Å². The Kier molecular flexibility index (Phi) is 2.53. The molecule has 0 amide bonds. The van der Waals surface area contributed by atoms with Crippen LogP contribution in [0.5, 0.6) is 0 Å². The molecule has 0 unspecified atom stereocenters. The van der Waals surface area contributed by atoms with Gasteiger partial charge in [0.05, 0.1) is 6.54 Å². The van der Waals surface area contributed by atoms with E-state index in [0.717, 1.165) is 6.54 Å². The first-order valence-corrected chi connectivity index (χ1v) is 7.22. The Morgan fingerprint density at radius 1 is 0.875 bits per heavy atom. The van der Waals surface area contributed by atoms with Crippen LogP contribution in [0.15, 0.2) is 0 Å². The van der Waals surface area contributed by atoms with Crippen LogP contribution in [0.4, 0.5) is 0 Å². The van der Waals surface area contributed by atoms with Crippen LogP contribution in [0.1, 0.15) is 41.5 Å². The minimum Gasteiger partial charge on any atom is -0.155 e. The maximum atomic E-state index is 6.15. The van der Waals surface area contributed by atoms with Crippen LogP contribution in [0.2, 0.25) is 0 Å². The summed E-state index contributed by atoms with van der Waals surface area (Å²) >= 11 is 0. The van der Waals surface area contributed by atoms with E-state index in [1.165, 1.54) is 0 Å². The molecule has 16 heavy (non-hydrogen) atoms. The monoisotopic (exact) mass is 248 g/mol. The molecule has 0 bridgehead atoms. The second-order valence-corrected chi connectivity index (χ2v) is 8.51. The van der Waals surface area contributed by atoms with Crippen molar-refractivity contribution in [1.82, 2.24) is 4.67 Å². The Hall–Kier alpha value is 0.270. The fourth-order valence-electron chi connectivity index (χ4n) is 2.04. The smallest absolute Gasteiger partial charge is 0.155 e. The second kappa shape index (κ2) is 3.18. The van der Waals surface area contributed by atoms with E-state index >= 15 is 0 Å². The summed E-state index contributed by atoms with van der Waals surface area (Å²) in [5.74, 6) is 0. The summed E-state index contributed by atoms with van der Waals surface area (Å²) < 4.78 is 20.5. The van der Waals surface area contributed by atoms with Gasteiger partial charge in [-0.2, -0.15) is 13.6 Å². The summed E-state index contributed by atoms with van der Waals surface area (Å²) in [5.41, 5.74) is -0.843. The van der Waals surface area contributed by atoms with E-state index in [0.29, 0.717) is 0 Å². The Labute approximate surface area is 98.9 Å². The summed E-state index contributed by atoms with van der Waals surface area (Å²) in [4.78, 5) is 0. The van der Waals surface area contributed by atoms with Crippen molar-refractivity contribution in [2.45, 2.75) is 58.3 Å². The quantitative estimate of drug-likeness (QED) is 0.617. The van der Waals surface area contributed by atoms with Crippen LogP contribution in [-0.2, 0) is 13.6 Å². The third-order valence-electron chi connectivity index (χ3n) is 3.53. The van der Waals surface area contributed by atoms with Crippen molar-refractivity contribution in [1.29, 1.82) is 0 Å². The van der Waals surface area contributed by atoms with E-state index in [4.69, 9.17) is 13.6 Å². The molecule has 2 saturated heterocycles. The van der Waals surface area contributed by atoms with Crippen molar-refractivity contribution < 1.29 is 13.6 Å². The van der Waals surface area contributed by atoms with Crippen molar-refractivity contribution in [2.24, 2.45) is 0 Å². The Morgan fingerprint density at radius 2 is 1.31 bits per heavy atom. The van der Waals surface area contributed by atoms with E-state index < -0.39 is 8.09 Å². The molecule has 4 nitrogen and oxygen atoms in total. The molecule has 0 aliphatic carbocycles. The molecule has 0 saturated carbocycles. The number of hydrogen-bond acceptors (Lipinski definition) is 4. The van der Waals surface area contributed by atoms with E-state index in [9.17, 15) is 0 Å². The van der Waals surface area contributed by atoms with Crippen LogP contribution in [0.25, 0.3) is 0 Å². The van der Waals surface area contributed by atoms with Gasteiger partial charge in [0.2, 0.25) is 0 Å². The van der Waals surface area contributed by atoms with Gasteiger partial charge in [-0.15, -0.1) is 4.67 Å². The summed E-state index contributed by atoms with van der Waals surface area (Å²) in [5, 5.41) is 0. The van der Waals surface area contributed by atoms with Gasteiger partial charge >= 0.3 is 8.09 Å². The standard InChI is InChI=1S/C11H23NO3P/c1-9(2)8-12(7)16(13-9)14-10(3,4)11(5,6)15-16/h8H2,1-7H3/q+1. The van der Waals surface area contributed by atoms with Crippen molar-refractivity contribution in [3.63, 3.8) is 0 Å². The highest BCUT2D eigenvalue weighted by atomic mass is 31.2. The van der Waals surface area contributed by atoms with E-state index in [1.807, 2.05) is 7.05 Å². The number of hydrogen-bond donors (Lipinski definition) is 0. The molecule has 0 aromatic carbocycles. The normalized spacial score (nSPS) is 34.7. The molecule has 5 heteroatoms. The van der Waals surface area contributed by atoms with Gasteiger partial charge in [-0.25, -0.2) is 0 Å². The van der Waals surface area contributed by atoms with Gasteiger partial charge in [-0.3, -0.25) is 0 Å². The second-order valence-electron chi connectivity index (χ2n) is 6.34. The Balaban J connectivity index is 2.31. The molecule has 2 heterocycles. The lowest BCUT2D eigenvalue weighted by molar-refractivity contribution is 0.00578. The molecule has 0 aromatic rings. The lowest BCUT2D eigenvalue weighted by Crippen LogP contribution is -2.41. The highest BCUT2D eigenvalue weighted by Gasteiger charge is 2.74.